The molecule has 1 aromatic heterocycles. The van der Waals surface area contributed by atoms with Crippen LogP contribution in [0.2, 0.25) is 0 Å². The van der Waals surface area contributed by atoms with Gasteiger partial charge in [0.25, 0.3) is 0 Å². The van der Waals surface area contributed by atoms with E-state index < -0.39 is 6.10 Å². The molecule has 0 spiro atoms. The maximum absolute atomic E-state index is 9.25. The summed E-state index contributed by atoms with van der Waals surface area (Å²) >= 11 is 0. The van der Waals surface area contributed by atoms with Gasteiger partial charge in [-0.15, -0.1) is 0 Å². The monoisotopic (exact) mass is 224 g/mol. The van der Waals surface area contributed by atoms with Crippen molar-refractivity contribution in [3.63, 3.8) is 0 Å². The molecule has 1 aromatic rings. The second-order valence-electron chi connectivity index (χ2n) is 3.62. The Morgan fingerprint density at radius 2 is 2.38 bits per heavy atom. The molecule has 1 heterocycles. The molecule has 6 nitrogen and oxygen atoms in total. The summed E-state index contributed by atoms with van der Waals surface area (Å²) in [5.41, 5.74) is 6.06. The Morgan fingerprint density at radius 1 is 1.69 bits per heavy atom. The van der Waals surface area contributed by atoms with Gasteiger partial charge in [0.05, 0.1) is 6.10 Å². The predicted molar refractivity (Wildman–Crippen MR) is 61.7 cm³/mol. The maximum Gasteiger partial charge on any atom is 0.170 e. The lowest BCUT2D eigenvalue weighted by atomic mass is 10.2. The average Bonchev–Trinajstić information content (AvgIpc) is 2.27. The van der Waals surface area contributed by atoms with E-state index >= 15 is 0 Å². The minimum atomic E-state index is -0.445. The summed E-state index contributed by atoms with van der Waals surface area (Å²) in [4.78, 5) is 5.92. The Morgan fingerprint density at radius 3 is 2.94 bits per heavy atom. The summed E-state index contributed by atoms with van der Waals surface area (Å²) in [6.45, 7) is 2.16. The van der Waals surface area contributed by atoms with Crippen molar-refractivity contribution >= 4 is 11.7 Å². The Kier molecular flexibility index (Phi) is 4.07. The maximum atomic E-state index is 9.25. The number of rotatable bonds is 4. The van der Waals surface area contributed by atoms with Crippen molar-refractivity contribution in [2.24, 2.45) is 10.9 Å². The molecule has 1 unspecified atom stereocenters. The van der Waals surface area contributed by atoms with E-state index in [2.05, 4.69) is 10.1 Å². The van der Waals surface area contributed by atoms with Gasteiger partial charge in [-0.25, -0.2) is 4.98 Å². The van der Waals surface area contributed by atoms with Crippen LogP contribution in [0.15, 0.2) is 23.5 Å². The lowest BCUT2D eigenvalue weighted by molar-refractivity contribution is 0.201. The molecule has 0 saturated carbocycles. The number of nitrogens with zero attached hydrogens (tertiary/aromatic N) is 3. The van der Waals surface area contributed by atoms with Gasteiger partial charge in [0, 0.05) is 25.4 Å². The Balaban J connectivity index is 2.90. The van der Waals surface area contributed by atoms with Gasteiger partial charge in [-0.05, 0) is 19.1 Å². The first-order chi connectivity index (χ1) is 7.54. The third-order valence-electron chi connectivity index (χ3n) is 2.08. The minimum Gasteiger partial charge on any atom is -0.409 e. The van der Waals surface area contributed by atoms with E-state index in [4.69, 9.17) is 10.9 Å². The molecule has 0 saturated heterocycles. The zero-order chi connectivity index (χ0) is 12.1. The largest absolute Gasteiger partial charge is 0.409 e. The van der Waals surface area contributed by atoms with Crippen molar-refractivity contribution in [3.8, 4) is 0 Å². The van der Waals surface area contributed by atoms with Crippen molar-refractivity contribution in [2.75, 3.05) is 18.5 Å². The van der Waals surface area contributed by atoms with Crippen LogP contribution in [0.1, 0.15) is 12.5 Å². The van der Waals surface area contributed by atoms with E-state index in [9.17, 15) is 5.11 Å². The number of likely N-dealkylation sites (N-methyl/N-ethyl adjacent to an activating group) is 1. The molecule has 0 aliphatic rings. The lowest BCUT2D eigenvalue weighted by Gasteiger charge is -2.19. The molecule has 4 N–H and O–H groups in total. The number of hydrogen-bond acceptors (Lipinski definition) is 5. The normalized spacial score (nSPS) is 13.6. The van der Waals surface area contributed by atoms with Crippen molar-refractivity contribution < 1.29 is 10.3 Å². The highest BCUT2D eigenvalue weighted by Crippen LogP contribution is 2.11. The summed E-state index contributed by atoms with van der Waals surface area (Å²) in [7, 11) is 1.81. The van der Waals surface area contributed by atoms with Gasteiger partial charge >= 0.3 is 0 Å². The molecule has 0 aliphatic heterocycles. The number of oxime groups is 1. The second kappa shape index (κ2) is 5.32. The molecule has 0 amide bonds. The zero-order valence-electron chi connectivity index (χ0n) is 9.33. The Labute approximate surface area is 94.0 Å². The van der Waals surface area contributed by atoms with Crippen LogP contribution < -0.4 is 10.6 Å². The molecule has 0 aromatic carbocycles. The van der Waals surface area contributed by atoms with E-state index in [1.54, 1.807) is 30.2 Å². The van der Waals surface area contributed by atoms with Crippen LogP contribution in [0.3, 0.4) is 0 Å². The number of anilines is 1. The van der Waals surface area contributed by atoms with Gasteiger partial charge in [0.15, 0.2) is 5.84 Å². The molecule has 0 radical (unpaired) electrons. The molecular weight excluding hydrogens is 208 g/mol. The molecular formula is C10H16N4O2. The van der Waals surface area contributed by atoms with E-state index in [1.807, 2.05) is 7.05 Å². The molecule has 0 bridgehead atoms. The van der Waals surface area contributed by atoms with Crippen LogP contribution >= 0.6 is 0 Å². The summed E-state index contributed by atoms with van der Waals surface area (Å²) in [6, 6.07) is 3.34. The Hall–Kier alpha value is -1.82. The highest BCUT2D eigenvalue weighted by Gasteiger charge is 2.07. The van der Waals surface area contributed by atoms with Crippen LogP contribution in [-0.2, 0) is 0 Å². The van der Waals surface area contributed by atoms with E-state index in [0.717, 1.165) is 0 Å². The highest BCUT2D eigenvalue weighted by atomic mass is 16.4. The molecule has 0 aliphatic carbocycles. The van der Waals surface area contributed by atoms with Crippen LogP contribution in [0, 0.1) is 0 Å². The first-order valence-electron chi connectivity index (χ1n) is 4.87. The van der Waals surface area contributed by atoms with Gasteiger partial charge in [0.2, 0.25) is 0 Å². The Bertz CT molecular complexity index is 379. The van der Waals surface area contributed by atoms with Crippen molar-refractivity contribution in [2.45, 2.75) is 13.0 Å². The summed E-state index contributed by atoms with van der Waals surface area (Å²) in [6.07, 6.45) is 1.13. The van der Waals surface area contributed by atoms with E-state index in [1.165, 1.54) is 0 Å². The molecule has 0 fully saturated rings. The summed E-state index contributed by atoms with van der Waals surface area (Å²) in [5.74, 6) is 0.694. The summed E-state index contributed by atoms with van der Waals surface area (Å²) < 4.78 is 0. The average molecular weight is 224 g/mol. The molecule has 16 heavy (non-hydrogen) atoms. The lowest BCUT2D eigenvalue weighted by Crippen LogP contribution is -2.28. The van der Waals surface area contributed by atoms with Gasteiger partial charge in [-0.3, -0.25) is 0 Å². The van der Waals surface area contributed by atoms with Crippen molar-refractivity contribution in [1.29, 1.82) is 0 Å². The number of hydrogen-bond donors (Lipinski definition) is 3. The standard InChI is InChI=1S/C10H16N4O2/c1-7(15)6-14(2)9-5-8(3-4-12-9)10(11)13-16/h3-5,7,15-16H,6H2,1-2H3,(H2,11,13). The topological polar surface area (TPSA) is 95.0 Å². The van der Waals surface area contributed by atoms with E-state index in [-0.39, 0.29) is 5.84 Å². The molecule has 1 rings (SSSR count). The number of aromatic nitrogens is 1. The smallest absolute Gasteiger partial charge is 0.170 e. The second-order valence-corrected chi connectivity index (χ2v) is 3.62. The number of amidine groups is 1. The molecule has 6 heteroatoms. The quantitative estimate of drug-likeness (QED) is 0.289. The SMILES string of the molecule is CC(O)CN(C)c1cc(C(N)=NO)ccn1. The van der Waals surface area contributed by atoms with Crippen LogP contribution in [0.5, 0.6) is 0 Å². The first-order valence-corrected chi connectivity index (χ1v) is 4.87. The third-order valence-corrected chi connectivity index (χ3v) is 2.08. The van der Waals surface area contributed by atoms with Crippen molar-refractivity contribution in [1.82, 2.24) is 4.98 Å². The minimum absolute atomic E-state index is 0.0362. The van der Waals surface area contributed by atoms with Crippen LogP contribution in [-0.4, -0.2) is 40.8 Å². The van der Waals surface area contributed by atoms with Gasteiger partial charge in [0.1, 0.15) is 5.82 Å². The fraction of sp³-hybridized carbons (Fsp3) is 0.400. The van der Waals surface area contributed by atoms with Crippen molar-refractivity contribution in [3.05, 3.63) is 23.9 Å². The number of aliphatic hydroxyl groups is 1. The molecule has 1 atom stereocenters. The number of aliphatic hydroxyl groups excluding tert-OH is 1. The predicted octanol–water partition coefficient (Wildman–Crippen LogP) is -0.00690. The van der Waals surface area contributed by atoms with Gasteiger partial charge < -0.3 is 20.9 Å². The third kappa shape index (κ3) is 3.09. The van der Waals surface area contributed by atoms with Gasteiger partial charge in [-0.2, -0.15) is 0 Å². The zero-order valence-corrected chi connectivity index (χ0v) is 9.33. The van der Waals surface area contributed by atoms with E-state index in [0.29, 0.717) is 17.9 Å². The van der Waals surface area contributed by atoms with Gasteiger partial charge in [-0.1, -0.05) is 5.16 Å². The van der Waals surface area contributed by atoms with Crippen LogP contribution in [0.4, 0.5) is 5.82 Å². The van der Waals surface area contributed by atoms with Crippen LogP contribution in [0.25, 0.3) is 0 Å². The fourth-order valence-electron chi connectivity index (χ4n) is 1.33. The highest BCUT2D eigenvalue weighted by molar-refractivity contribution is 5.97. The first kappa shape index (κ1) is 12.3. The summed E-state index contributed by atoms with van der Waals surface area (Å²) in [5, 5.41) is 20.7. The number of pyridine rings is 1. The molecule has 88 valence electrons. The number of nitrogens with two attached hydrogens (primary N) is 1. The fourth-order valence-corrected chi connectivity index (χ4v) is 1.33.